The first kappa shape index (κ1) is 18.4. The van der Waals surface area contributed by atoms with Gasteiger partial charge >= 0.3 is 0 Å². The molecule has 0 aliphatic carbocycles. The van der Waals surface area contributed by atoms with E-state index in [2.05, 4.69) is 20.4 Å². The van der Waals surface area contributed by atoms with Gasteiger partial charge in [0.05, 0.1) is 12.1 Å². The zero-order valence-corrected chi connectivity index (χ0v) is 16.7. The molecule has 7 nitrogen and oxygen atoms in total. The molecule has 1 aromatic carbocycles. The molecule has 9 heteroatoms. The number of fused-ring (bicyclic) bond motifs is 1. The lowest BCUT2D eigenvalue weighted by atomic mass is 10.1. The van der Waals surface area contributed by atoms with E-state index >= 15 is 0 Å². The van der Waals surface area contributed by atoms with Crippen molar-refractivity contribution in [2.75, 3.05) is 5.32 Å². The zero-order valence-electron chi connectivity index (χ0n) is 15.1. The fraction of sp³-hybridized carbons (Fsp3) is 0.158. The van der Waals surface area contributed by atoms with E-state index in [-0.39, 0.29) is 17.9 Å². The molecule has 142 valence electrons. The van der Waals surface area contributed by atoms with E-state index in [9.17, 15) is 9.59 Å². The van der Waals surface area contributed by atoms with Gasteiger partial charge < -0.3 is 5.32 Å². The Morgan fingerprint density at radius 3 is 2.75 bits per heavy atom. The van der Waals surface area contributed by atoms with Crippen molar-refractivity contribution in [1.82, 2.24) is 19.6 Å². The van der Waals surface area contributed by atoms with E-state index in [4.69, 9.17) is 11.6 Å². The van der Waals surface area contributed by atoms with Crippen molar-refractivity contribution in [3.05, 3.63) is 68.0 Å². The summed E-state index contributed by atoms with van der Waals surface area (Å²) in [4.78, 5) is 33.0. The minimum Gasteiger partial charge on any atom is -0.302 e. The third kappa shape index (κ3) is 3.56. The van der Waals surface area contributed by atoms with Gasteiger partial charge in [-0.2, -0.15) is 0 Å². The lowest BCUT2D eigenvalue weighted by Gasteiger charge is -2.11. The van der Waals surface area contributed by atoms with Gasteiger partial charge in [-0.25, -0.2) is 14.5 Å². The second-order valence-corrected chi connectivity index (χ2v) is 7.64. The summed E-state index contributed by atoms with van der Waals surface area (Å²) in [5.74, 6) is -0.196. The highest BCUT2D eigenvalue weighted by molar-refractivity contribution is 7.14. The van der Waals surface area contributed by atoms with Gasteiger partial charge in [0.25, 0.3) is 5.56 Å². The van der Waals surface area contributed by atoms with Crippen LogP contribution >= 0.6 is 22.9 Å². The second kappa shape index (κ2) is 7.21. The second-order valence-electron chi connectivity index (χ2n) is 6.34. The predicted octanol–water partition coefficient (Wildman–Crippen LogP) is 3.60. The Labute approximate surface area is 169 Å². The monoisotopic (exact) mass is 413 g/mol. The number of nitrogens with zero attached hydrogens (tertiary/aromatic N) is 3. The molecule has 0 atom stereocenters. The minimum atomic E-state index is -0.228. The maximum Gasteiger partial charge on any atom is 0.266 e. The summed E-state index contributed by atoms with van der Waals surface area (Å²) in [6.45, 7) is 3.68. The topological polar surface area (TPSA) is 92.1 Å². The molecule has 2 N–H and O–H groups in total. The molecule has 0 aliphatic rings. The number of aromatic amines is 1. The van der Waals surface area contributed by atoms with Gasteiger partial charge in [0, 0.05) is 39.0 Å². The molecule has 4 aromatic rings. The number of halogens is 1. The molecule has 0 unspecified atom stereocenters. The van der Waals surface area contributed by atoms with E-state index < -0.39 is 0 Å². The molecule has 0 radical (unpaired) electrons. The van der Waals surface area contributed by atoms with Crippen LogP contribution in [0.2, 0.25) is 5.02 Å². The molecule has 0 saturated heterocycles. The van der Waals surface area contributed by atoms with Gasteiger partial charge in [-0.3, -0.25) is 14.7 Å². The number of hydrogen-bond donors (Lipinski definition) is 2. The van der Waals surface area contributed by atoms with Crippen LogP contribution in [0.25, 0.3) is 16.9 Å². The largest absolute Gasteiger partial charge is 0.302 e. The fourth-order valence-electron chi connectivity index (χ4n) is 3.02. The number of carbonyl (C=O) groups excluding carboxylic acids is 1. The number of anilines is 1. The van der Waals surface area contributed by atoms with E-state index in [0.29, 0.717) is 21.5 Å². The molecule has 0 saturated carbocycles. The molecular formula is C19H16ClN5O2S. The maximum atomic E-state index is 12.5. The summed E-state index contributed by atoms with van der Waals surface area (Å²) in [7, 11) is 0. The van der Waals surface area contributed by atoms with Crippen molar-refractivity contribution in [2.24, 2.45) is 0 Å². The van der Waals surface area contributed by atoms with Crippen LogP contribution in [0.4, 0.5) is 5.13 Å². The van der Waals surface area contributed by atoms with Crippen molar-refractivity contribution in [3.8, 4) is 11.3 Å². The number of H-pyrrole nitrogens is 1. The number of nitrogens with one attached hydrogen (secondary N) is 2. The molecule has 0 bridgehead atoms. The van der Waals surface area contributed by atoms with Crippen LogP contribution in [0.15, 0.2) is 40.5 Å². The Hall–Kier alpha value is -2.97. The summed E-state index contributed by atoms with van der Waals surface area (Å²) < 4.78 is 1.60. The first-order valence-electron chi connectivity index (χ1n) is 8.50. The van der Waals surface area contributed by atoms with Crippen LogP contribution in [0.5, 0.6) is 0 Å². The first-order valence-corrected chi connectivity index (χ1v) is 9.75. The van der Waals surface area contributed by atoms with Crippen LogP contribution in [-0.2, 0) is 11.2 Å². The number of aryl methyl sites for hydroxylation is 2. The molecule has 0 aliphatic heterocycles. The highest BCUT2D eigenvalue weighted by Gasteiger charge is 2.15. The third-order valence-electron chi connectivity index (χ3n) is 4.43. The lowest BCUT2D eigenvalue weighted by Crippen LogP contribution is -2.17. The molecule has 0 fully saturated rings. The number of thiazole rings is 1. The van der Waals surface area contributed by atoms with Gasteiger partial charge in [-0.15, -0.1) is 11.3 Å². The Bertz CT molecular complexity index is 1240. The predicted molar refractivity (Wildman–Crippen MR) is 110 cm³/mol. The molecule has 0 spiro atoms. The van der Waals surface area contributed by atoms with Crippen molar-refractivity contribution < 1.29 is 4.79 Å². The molecule has 3 heterocycles. The van der Waals surface area contributed by atoms with Crippen molar-refractivity contribution >= 4 is 39.6 Å². The van der Waals surface area contributed by atoms with Crippen LogP contribution in [-0.4, -0.2) is 25.5 Å². The molecule has 1 amide bonds. The van der Waals surface area contributed by atoms with Gasteiger partial charge in [-0.1, -0.05) is 23.7 Å². The van der Waals surface area contributed by atoms with Crippen LogP contribution in [0.3, 0.4) is 0 Å². The standard InChI is InChI=1S/C19H16ClN5O2S/c1-10-14(11(2)25-16(21-10)8-18(27)24-25)7-17(26)23-19-22-15(9-28-19)12-3-5-13(20)6-4-12/h3-6,8-9H,7H2,1-2H3,(H,24,27)(H,22,23,26). The molecule has 28 heavy (non-hydrogen) atoms. The first-order chi connectivity index (χ1) is 13.4. The van der Waals surface area contributed by atoms with Crippen molar-refractivity contribution in [1.29, 1.82) is 0 Å². The van der Waals surface area contributed by atoms with E-state index in [1.807, 2.05) is 31.4 Å². The third-order valence-corrected chi connectivity index (χ3v) is 5.44. The van der Waals surface area contributed by atoms with Crippen molar-refractivity contribution in [3.63, 3.8) is 0 Å². The highest BCUT2D eigenvalue weighted by Crippen LogP contribution is 2.26. The Kier molecular flexibility index (Phi) is 4.74. The molecule has 3 aromatic heterocycles. The van der Waals surface area contributed by atoms with E-state index in [1.54, 1.807) is 16.6 Å². The van der Waals surface area contributed by atoms with Gasteiger partial charge in [0.1, 0.15) is 0 Å². The summed E-state index contributed by atoms with van der Waals surface area (Å²) in [6, 6.07) is 8.80. The quantitative estimate of drug-likeness (QED) is 0.534. The summed E-state index contributed by atoms with van der Waals surface area (Å²) >= 11 is 7.27. The number of benzene rings is 1. The highest BCUT2D eigenvalue weighted by atomic mass is 35.5. The SMILES string of the molecule is Cc1nc2cc(=O)[nH]n2c(C)c1CC(=O)Nc1nc(-c2ccc(Cl)cc2)cs1. The Morgan fingerprint density at radius 1 is 1.25 bits per heavy atom. The number of carbonyl (C=O) groups is 1. The van der Waals surface area contributed by atoms with Crippen molar-refractivity contribution in [2.45, 2.75) is 20.3 Å². The number of aromatic nitrogens is 4. The fourth-order valence-corrected chi connectivity index (χ4v) is 3.88. The number of amides is 1. The molecule has 4 rings (SSSR count). The Balaban J connectivity index is 1.53. The smallest absolute Gasteiger partial charge is 0.266 e. The van der Waals surface area contributed by atoms with Crippen LogP contribution < -0.4 is 10.9 Å². The van der Waals surface area contributed by atoms with Gasteiger partial charge in [0.15, 0.2) is 10.8 Å². The van der Waals surface area contributed by atoms with E-state index in [1.165, 1.54) is 17.4 Å². The normalized spacial score (nSPS) is 11.1. The minimum absolute atomic E-state index is 0.136. The summed E-state index contributed by atoms with van der Waals surface area (Å²) in [5, 5.41) is 8.59. The Morgan fingerprint density at radius 2 is 2.00 bits per heavy atom. The summed E-state index contributed by atoms with van der Waals surface area (Å²) in [6.07, 6.45) is 0.136. The zero-order chi connectivity index (χ0) is 19.8. The van der Waals surface area contributed by atoms with Gasteiger partial charge in [-0.05, 0) is 26.0 Å². The number of hydrogen-bond acceptors (Lipinski definition) is 5. The maximum absolute atomic E-state index is 12.5. The van der Waals surface area contributed by atoms with Crippen LogP contribution in [0.1, 0.15) is 17.0 Å². The van der Waals surface area contributed by atoms with E-state index in [0.717, 1.165) is 22.5 Å². The average molecular weight is 414 g/mol. The lowest BCUT2D eigenvalue weighted by molar-refractivity contribution is -0.115. The summed E-state index contributed by atoms with van der Waals surface area (Å²) in [5.41, 5.74) is 4.28. The average Bonchev–Trinajstić information content (AvgIpc) is 3.25. The molecular weight excluding hydrogens is 398 g/mol. The van der Waals surface area contributed by atoms with Crippen LogP contribution in [0, 0.1) is 13.8 Å². The number of rotatable bonds is 4. The van der Waals surface area contributed by atoms with Gasteiger partial charge in [0.2, 0.25) is 5.91 Å².